The second kappa shape index (κ2) is 4.90. The highest BCUT2D eigenvalue weighted by Gasteiger charge is 2.43. The lowest BCUT2D eigenvalue weighted by Crippen LogP contribution is -2.29. The number of fused-ring (bicyclic) bond motifs is 1. The Morgan fingerprint density at radius 2 is 2.05 bits per heavy atom. The number of ether oxygens (including phenoxy) is 2. The van der Waals surface area contributed by atoms with E-state index in [9.17, 15) is 13.6 Å². The third-order valence-corrected chi connectivity index (χ3v) is 3.10. The van der Waals surface area contributed by atoms with Crippen LogP contribution in [-0.4, -0.2) is 25.3 Å². The molecule has 1 aromatic rings. The molecule has 1 heterocycles. The standard InChI is InChI=1S/C13H14F2N2O3/c14-13(15)19-10-4-3-9(5-11(10)20-13)17-12(18)7-16-6-8-1-2-8/h3-5,8,16H,1-2,6-7H2,(H,17,18). The minimum Gasteiger partial charge on any atom is -0.395 e. The van der Waals surface area contributed by atoms with Crippen LogP contribution in [-0.2, 0) is 4.79 Å². The van der Waals surface area contributed by atoms with Gasteiger partial charge in [-0.05, 0) is 37.4 Å². The first-order chi connectivity index (χ1) is 9.52. The van der Waals surface area contributed by atoms with Gasteiger partial charge in [-0.3, -0.25) is 4.79 Å². The number of alkyl halides is 2. The Balaban J connectivity index is 1.54. The van der Waals surface area contributed by atoms with Crippen molar-refractivity contribution in [3.05, 3.63) is 18.2 Å². The van der Waals surface area contributed by atoms with Gasteiger partial charge in [0.1, 0.15) is 0 Å². The van der Waals surface area contributed by atoms with Gasteiger partial charge in [0.25, 0.3) is 0 Å². The lowest BCUT2D eigenvalue weighted by molar-refractivity contribution is -0.286. The molecule has 0 spiro atoms. The van der Waals surface area contributed by atoms with Crippen molar-refractivity contribution >= 4 is 11.6 Å². The molecule has 0 radical (unpaired) electrons. The van der Waals surface area contributed by atoms with E-state index >= 15 is 0 Å². The highest BCUT2D eigenvalue weighted by Crippen LogP contribution is 2.42. The van der Waals surface area contributed by atoms with Crippen LogP contribution >= 0.6 is 0 Å². The lowest BCUT2D eigenvalue weighted by Gasteiger charge is -2.07. The zero-order chi connectivity index (χ0) is 14.2. The molecule has 108 valence electrons. The number of anilines is 1. The molecule has 1 aliphatic carbocycles. The second-order valence-corrected chi connectivity index (χ2v) is 4.95. The molecule has 1 fully saturated rings. The van der Waals surface area contributed by atoms with Gasteiger partial charge in [0, 0.05) is 11.8 Å². The van der Waals surface area contributed by atoms with Gasteiger partial charge in [0.2, 0.25) is 5.91 Å². The lowest BCUT2D eigenvalue weighted by atomic mass is 10.3. The maximum Gasteiger partial charge on any atom is 0.586 e. The molecule has 1 saturated carbocycles. The van der Waals surface area contributed by atoms with Crippen LogP contribution < -0.4 is 20.1 Å². The van der Waals surface area contributed by atoms with Gasteiger partial charge in [0.15, 0.2) is 11.5 Å². The quantitative estimate of drug-likeness (QED) is 0.867. The van der Waals surface area contributed by atoms with Crippen molar-refractivity contribution in [2.75, 3.05) is 18.4 Å². The summed E-state index contributed by atoms with van der Waals surface area (Å²) in [5, 5.41) is 5.66. The van der Waals surface area contributed by atoms with E-state index in [1.807, 2.05) is 0 Å². The summed E-state index contributed by atoms with van der Waals surface area (Å²) in [5.74, 6) is 0.338. The summed E-state index contributed by atoms with van der Waals surface area (Å²) < 4.78 is 34.3. The summed E-state index contributed by atoms with van der Waals surface area (Å²) in [6, 6.07) is 4.14. The number of carbonyl (C=O) groups is 1. The van der Waals surface area contributed by atoms with Gasteiger partial charge in [-0.2, -0.15) is 0 Å². The van der Waals surface area contributed by atoms with Crippen LogP contribution in [0.5, 0.6) is 11.5 Å². The van der Waals surface area contributed by atoms with Crippen LogP contribution in [0, 0.1) is 5.92 Å². The Morgan fingerprint density at radius 3 is 2.80 bits per heavy atom. The predicted molar refractivity (Wildman–Crippen MR) is 66.9 cm³/mol. The van der Waals surface area contributed by atoms with Crippen LogP contribution in [0.3, 0.4) is 0 Å². The Kier molecular flexibility index (Phi) is 3.21. The van der Waals surface area contributed by atoms with Crippen molar-refractivity contribution in [2.45, 2.75) is 19.1 Å². The zero-order valence-corrected chi connectivity index (χ0v) is 10.6. The van der Waals surface area contributed by atoms with Crippen molar-refractivity contribution in [1.29, 1.82) is 0 Å². The third-order valence-electron chi connectivity index (χ3n) is 3.10. The number of halogens is 2. The maximum absolute atomic E-state index is 12.8. The van der Waals surface area contributed by atoms with Crippen LogP contribution in [0.25, 0.3) is 0 Å². The number of benzene rings is 1. The van der Waals surface area contributed by atoms with E-state index in [1.54, 1.807) is 0 Å². The topological polar surface area (TPSA) is 59.6 Å². The molecule has 1 aromatic carbocycles. The molecular formula is C13H14F2N2O3. The molecule has 2 aliphatic rings. The van der Waals surface area contributed by atoms with E-state index in [-0.39, 0.29) is 24.0 Å². The summed E-state index contributed by atoms with van der Waals surface area (Å²) in [6.45, 7) is 1.03. The second-order valence-electron chi connectivity index (χ2n) is 4.95. The van der Waals surface area contributed by atoms with Gasteiger partial charge < -0.3 is 20.1 Å². The van der Waals surface area contributed by atoms with E-state index in [0.29, 0.717) is 11.6 Å². The molecular weight excluding hydrogens is 270 g/mol. The van der Waals surface area contributed by atoms with E-state index in [2.05, 4.69) is 20.1 Å². The van der Waals surface area contributed by atoms with Crippen LogP contribution in [0.1, 0.15) is 12.8 Å². The number of hydrogen-bond donors (Lipinski definition) is 2. The van der Waals surface area contributed by atoms with E-state index < -0.39 is 6.29 Å². The Bertz CT molecular complexity index is 532. The summed E-state index contributed by atoms with van der Waals surface area (Å²) >= 11 is 0. The largest absolute Gasteiger partial charge is 0.586 e. The average molecular weight is 284 g/mol. The van der Waals surface area contributed by atoms with E-state index in [1.165, 1.54) is 31.0 Å². The number of rotatable bonds is 5. The Labute approximate surface area is 114 Å². The Hall–Kier alpha value is -1.89. The molecule has 0 bridgehead atoms. The normalized spacial score (nSPS) is 18.9. The molecule has 20 heavy (non-hydrogen) atoms. The highest BCUT2D eigenvalue weighted by molar-refractivity contribution is 5.92. The zero-order valence-electron chi connectivity index (χ0n) is 10.6. The van der Waals surface area contributed by atoms with Crippen molar-refractivity contribution in [3.63, 3.8) is 0 Å². The molecule has 0 saturated heterocycles. The fourth-order valence-electron chi connectivity index (χ4n) is 1.94. The molecule has 2 N–H and O–H groups in total. The van der Waals surface area contributed by atoms with Crippen LogP contribution in [0.4, 0.5) is 14.5 Å². The predicted octanol–water partition coefficient (Wildman–Crippen LogP) is 1.95. The third kappa shape index (κ3) is 3.16. The van der Waals surface area contributed by atoms with Gasteiger partial charge in [-0.25, -0.2) is 0 Å². The maximum atomic E-state index is 12.8. The highest BCUT2D eigenvalue weighted by atomic mass is 19.3. The smallest absolute Gasteiger partial charge is 0.395 e. The molecule has 0 unspecified atom stereocenters. The van der Waals surface area contributed by atoms with Crippen molar-refractivity contribution in [3.8, 4) is 11.5 Å². The van der Waals surface area contributed by atoms with Gasteiger partial charge in [-0.15, -0.1) is 8.78 Å². The van der Waals surface area contributed by atoms with Crippen molar-refractivity contribution < 1.29 is 23.0 Å². The fourth-order valence-corrected chi connectivity index (χ4v) is 1.94. The summed E-state index contributed by atoms with van der Waals surface area (Å²) in [6.07, 6.45) is -1.22. The minimum absolute atomic E-state index is 0.0418. The number of carbonyl (C=O) groups excluding carboxylic acids is 1. The molecule has 0 aromatic heterocycles. The molecule has 1 amide bonds. The van der Waals surface area contributed by atoms with Gasteiger partial charge in [-0.1, -0.05) is 0 Å². The monoisotopic (exact) mass is 284 g/mol. The first-order valence-corrected chi connectivity index (χ1v) is 6.42. The first kappa shape index (κ1) is 13.1. The molecule has 5 nitrogen and oxygen atoms in total. The van der Waals surface area contributed by atoms with E-state index in [4.69, 9.17) is 0 Å². The first-order valence-electron chi connectivity index (χ1n) is 6.42. The van der Waals surface area contributed by atoms with Crippen molar-refractivity contribution in [1.82, 2.24) is 5.32 Å². The van der Waals surface area contributed by atoms with Gasteiger partial charge >= 0.3 is 6.29 Å². The fraction of sp³-hybridized carbons (Fsp3) is 0.462. The molecule has 7 heteroatoms. The molecule has 3 rings (SSSR count). The van der Waals surface area contributed by atoms with Crippen LogP contribution in [0.2, 0.25) is 0 Å². The summed E-state index contributed by atoms with van der Waals surface area (Å²) in [7, 11) is 0. The Morgan fingerprint density at radius 1 is 1.30 bits per heavy atom. The SMILES string of the molecule is O=C(CNCC1CC1)Nc1ccc2c(c1)OC(F)(F)O2. The number of hydrogen-bond acceptors (Lipinski definition) is 4. The number of nitrogens with one attached hydrogen (secondary N) is 2. The van der Waals surface area contributed by atoms with Gasteiger partial charge in [0.05, 0.1) is 6.54 Å². The minimum atomic E-state index is -3.64. The van der Waals surface area contributed by atoms with Crippen LogP contribution in [0.15, 0.2) is 18.2 Å². The number of amides is 1. The van der Waals surface area contributed by atoms with E-state index in [0.717, 1.165) is 6.54 Å². The average Bonchev–Trinajstić information content (AvgIpc) is 3.10. The molecule has 1 aliphatic heterocycles. The summed E-state index contributed by atoms with van der Waals surface area (Å²) in [4.78, 5) is 11.6. The van der Waals surface area contributed by atoms with Crippen molar-refractivity contribution in [2.24, 2.45) is 5.92 Å². The summed E-state index contributed by atoms with van der Waals surface area (Å²) in [5.41, 5.74) is 0.392. The molecule has 0 atom stereocenters.